The minimum absolute atomic E-state index is 0.434. The average Bonchev–Trinajstić information content (AvgIpc) is 1.99. The Morgan fingerprint density at radius 1 is 1.07 bits per heavy atom. The molecule has 0 radical (unpaired) electrons. The number of ether oxygens (including phenoxy) is 1. The zero-order valence-electron chi connectivity index (χ0n) is 6.73. The van der Waals surface area contributed by atoms with E-state index in [1.54, 1.807) is 0 Å². The van der Waals surface area contributed by atoms with E-state index >= 15 is 0 Å². The quantitative estimate of drug-likeness (QED) is 0.697. The molecule has 0 aliphatic heterocycles. The highest BCUT2D eigenvalue weighted by molar-refractivity contribution is 5.08. The fourth-order valence-electron chi connectivity index (χ4n) is 0.651. The SMILES string of the molecule is FC(F)(F)Oc1nccc(C(F)(F)F)n1. The number of rotatable bonds is 1. The fraction of sp³-hybridized carbons (Fsp3) is 0.333. The van der Waals surface area contributed by atoms with Crippen molar-refractivity contribution in [3.8, 4) is 6.01 Å². The zero-order valence-corrected chi connectivity index (χ0v) is 6.73. The second-order valence-corrected chi connectivity index (χ2v) is 2.27. The van der Waals surface area contributed by atoms with Gasteiger partial charge in [0.05, 0.1) is 0 Å². The van der Waals surface area contributed by atoms with Gasteiger partial charge in [-0.2, -0.15) is 18.2 Å². The molecule has 9 heteroatoms. The van der Waals surface area contributed by atoms with E-state index in [2.05, 4.69) is 14.7 Å². The lowest BCUT2D eigenvalue weighted by molar-refractivity contribution is -0.278. The Morgan fingerprint density at radius 3 is 2.13 bits per heavy atom. The molecule has 0 amide bonds. The number of hydrogen-bond acceptors (Lipinski definition) is 3. The van der Waals surface area contributed by atoms with Gasteiger partial charge in [0.1, 0.15) is 0 Å². The van der Waals surface area contributed by atoms with Crippen molar-refractivity contribution >= 4 is 0 Å². The Balaban J connectivity index is 2.94. The minimum atomic E-state index is -5.12. The molecule has 15 heavy (non-hydrogen) atoms. The second-order valence-electron chi connectivity index (χ2n) is 2.27. The second kappa shape index (κ2) is 3.55. The maximum Gasteiger partial charge on any atom is 0.575 e. The van der Waals surface area contributed by atoms with Gasteiger partial charge in [0.25, 0.3) is 0 Å². The summed E-state index contributed by atoms with van der Waals surface area (Å²) in [6.45, 7) is 0. The van der Waals surface area contributed by atoms with Crippen LogP contribution < -0.4 is 4.74 Å². The summed E-state index contributed by atoms with van der Waals surface area (Å²) in [5.41, 5.74) is -1.50. The van der Waals surface area contributed by atoms with Crippen LogP contribution in [0.2, 0.25) is 0 Å². The summed E-state index contributed by atoms with van der Waals surface area (Å²) in [6, 6.07) is -0.958. The van der Waals surface area contributed by atoms with Gasteiger partial charge in [0, 0.05) is 6.20 Å². The topological polar surface area (TPSA) is 35.0 Å². The van der Waals surface area contributed by atoms with Gasteiger partial charge >= 0.3 is 18.5 Å². The highest BCUT2D eigenvalue weighted by Gasteiger charge is 2.36. The third-order valence-electron chi connectivity index (χ3n) is 1.13. The van der Waals surface area contributed by atoms with E-state index in [1.807, 2.05) is 0 Å². The molecule has 0 saturated heterocycles. The summed E-state index contributed by atoms with van der Waals surface area (Å²) in [6.07, 6.45) is -9.44. The fourth-order valence-corrected chi connectivity index (χ4v) is 0.651. The van der Waals surface area contributed by atoms with Gasteiger partial charge < -0.3 is 4.74 Å². The zero-order chi connectivity index (χ0) is 11.7. The van der Waals surface area contributed by atoms with E-state index in [9.17, 15) is 26.3 Å². The van der Waals surface area contributed by atoms with Gasteiger partial charge in [-0.1, -0.05) is 0 Å². The lowest BCUT2D eigenvalue weighted by atomic mass is 10.4. The molecule has 0 fully saturated rings. The molecule has 0 saturated carbocycles. The first-order valence-electron chi connectivity index (χ1n) is 3.34. The molecule has 0 aliphatic rings. The largest absolute Gasteiger partial charge is 0.575 e. The van der Waals surface area contributed by atoms with Crippen LogP contribution >= 0.6 is 0 Å². The van der Waals surface area contributed by atoms with Crippen LogP contribution in [0.3, 0.4) is 0 Å². The van der Waals surface area contributed by atoms with Crippen molar-refractivity contribution in [3.63, 3.8) is 0 Å². The predicted molar refractivity (Wildman–Crippen MR) is 33.7 cm³/mol. The molecule has 0 spiro atoms. The van der Waals surface area contributed by atoms with E-state index in [0.717, 1.165) is 0 Å². The summed E-state index contributed by atoms with van der Waals surface area (Å²) in [4.78, 5) is 5.44. The van der Waals surface area contributed by atoms with Crippen molar-refractivity contribution in [2.24, 2.45) is 0 Å². The molecule has 3 nitrogen and oxygen atoms in total. The average molecular weight is 232 g/mol. The summed E-state index contributed by atoms with van der Waals surface area (Å²) in [5.74, 6) is 0. The summed E-state index contributed by atoms with van der Waals surface area (Å²) < 4.78 is 73.8. The molecule has 1 aromatic heterocycles. The third-order valence-corrected chi connectivity index (χ3v) is 1.13. The van der Waals surface area contributed by atoms with Gasteiger partial charge in [-0.05, 0) is 6.07 Å². The van der Waals surface area contributed by atoms with Gasteiger partial charge in [-0.15, -0.1) is 13.2 Å². The van der Waals surface area contributed by atoms with Crippen molar-refractivity contribution in [2.45, 2.75) is 12.5 Å². The minimum Gasteiger partial charge on any atom is -0.371 e. The summed E-state index contributed by atoms with van der Waals surface area (Å²) >= 11 is 0. The summed E-state index contributed by atoms with van der Waals surface area (Å²) in [7, 11) is 0. The Hall–Kier alpha value is -1.54. The van der Waals surface area contributed by atoms with Crippen molar-refractivity contribution in [2.75, 3.05) is 0 Å². The molecule has 0 unspecified atom stereocenters. The van der Waals surface area contributed by atoms with Crippen LogP contribution in [0.15, 0.2) is 12.3 Å². The van der Waals surface area contributed by atoms with Gasteiger partial charge in [0.2, 0.25) is 0 Å². The van der Waals surface area contributed by atoms with Crippen LogP contribution in [0.5, 0.6) is 6.01 Å². The molecule has 0 atom stereocenters. The smallest absolute Gasteiger partial charge is 0.371 e. The molecule has 0 aliphatic carbocycles. The maximum absolute atomic E-state index is 12.0. The lowest BCUT2D eigenvalue weighted by Gasteiger charge is -2.09. The first-order valence-corrected chi connectivity index (χ1v) is 3.34. The van der Waals surface area contributed by atoms with Crippen LogP contribution in [0.25, 0.3) is 0 Å². The van der Waals surface area contributed by atoms with Crippen LogP contribution in [-0.4, -0.2) is 16.3 Å². The molecule has 1 rings (SSSR count). The number of alkyl halides is 6. The van der Waals surface area contributed by atoms with Crippen LogP contribution in [0.1, 0.15) is 5.69 Å². The normalized spacial score (nSPS) is 12.7. The Bertz CT molecular complexity index is 346. The number of hydrogen-bond donors (Lipinski definition) is 0. The lowest BCUT2D eigenvalue weighted by Crippen LogP contribution is -2.20. The van der Waals surface area contributed by atoms with Crippen LogP contribution in [-0.2, 0) is 6.18 Å². The number of nitrogens with zero attached hydrogens (tertiary/aromatic N) is 2. The van der Waals surface area contributed by atoms with Crippen molar-refractivity contribution < 1.29 is 31.1 Å². The first-order chi connectivity index (χ1) is 6.68. The van der Waals surface area contributed by atoms with Crippen molar-refractivity contribution in [1.82, 2.24) is 9.97 Å². The molecular formula is C6H2F6N2O. The van der Waals surface area contributed by atoms with E-state index in [1.165, 1.54) is 0 Å². The van der Waals surface area contributed by atoms with Crippen molar-refractivity contribution in [3.05, 3.63) is 18.0 Å². The van der Waals surface area contributed by atoms with E-state index in [-0.39, 0.29) is 0 Å². The molecule has 0 aromatic carbocycles. The third kappa shape index (κ3) is 3.60. The van der Waals surface area contributed by atoms with Gasteiger partial charge in [-0.3, -0.25) is 0 Å². The first kappa shape index (κ1) is 11.5. The molecule has 1 aromatic rings. The molecular weight excluding hydrogens is 230 g/mol. The molecule has 0 bridgehead atoms. The molecule has 84 valence electrons. The van der Waals surface area contributed by atoms with Crippen LogP contribution in [0, 0.1) is 0 Å². The monoisotopic (exact) mass is 232 g/mol. The van der Waals surface area contributed by atoms with Crippen LogP contribution in [0.4, 0.5) is 26.3 Å². The highest BCUT2D eigenvalue weighted by atomic mass is 19.4. The van der Waals surface area contributed by atoms with E-state index < -0.39 is 24.2 Å². The van der Waals surface area contributed by atoms with Gasteiger partial charge in [-0.25, -0.2) is 4.98 Å². The van der Waals surface area contributed by atoms with Crippen molar-refractivity contribution in [1.29, 1.82) is 0 Å². The molecule has 0 N–H and O–H groups in total. The predicted octanol–water partition coefficient (Wildman–Crippen LogP) is 2.39. The van der Waals surface area contributed by atoms with E-state index in [0.29, 0.717) is 12.3 Å². The maximum atomic E-state index is 12.0. The Morgan fingerprint density at radius 2 is 1.67 bits per heavy atom. The number of halogens is 6. The summed E-state index contributed by atoms with van der Waals surface area (Å²) in [5, 5.41) is 0. The van der Waals surface area contributed by atoms with E-state index in [4.69, 9.17) is 0 Å². The molecule has 1 heterocycles. The van der Waals surface area contributed by atoms with Gasteiger partial charge in [0.15, 0.2) is 5.69 Å². The number of aromatic nitrogens is 2. The highest BCUT2D eigenvalue weighted by Crippen LogP contribution is 2.28. The standard InChI is InChI=1S/C6H2F6N2O/c7-5(8,9)3-1-2-13-4(14-3)15-6(10,11)12/h1-2H. The Kier molecular flexibility index (Phi) is 2.73. The Labute approximate surface area is 78.7 Å².